The van der Waals surface area contributed by atoms with E-state index in [1.54, 1.807) is 30.7 Å². The monoisotopic (exact) mass is 611 g/mol. The minimum Gasteiger partial charge on any atom is -0.360 e. The molecule has 4 heterocycles. The van der Waals surface area contributed by atoms with Crippen LogP contribution in [0.3, 0.4) is 0 Å². The number of para-hydroxylation sites is 2. The maximum absolute atomic E-state index is 12.9. The third-order valence-electron chi connectivity index (χ3n) is 7.86. The molecule has 0 fully saturated rings. The fraction of sp³-hybridized carbons (Fsp3) is 0.171. The van der Waals surface area contributed by atoms with E-state index in [1.807, 2.05) is 53.3 Å². The van der Waals surface area contributed by atoms with Crippen molar-refractivity contribution >= 4 is 52.4 Å². The summed E-state index contributed by atoms with van der Waals surface area (Å²) in [6.45, 7) is 8.11. The average Bonchev–Trinajstić information content (AvgIpc) is 3.64. The van der Waals surface area contributed by atoms with Gasteiger partial charge in [-0.15, -0.1) is 0 Å². The Hall–Kier alpha value is -5.19. The van der Waals surface area contributed by atoms with Crippen LogP contribution in [0.25, 0.3) is 55.4 Å². The molecule has 0 aliphatic carbocycles. The normalized spacial score (nSPS) is 11.9. The number of pyridine rings is 2. The van der Waals surface area contributed by atoms with Gasteiger partial charge in [0.05, 0.1) is 27.8 Å². The summed E-state index contributed by atoms with van der Waals surface area (Å²) in [5.41, 5.74) is 6.66. The number of ether oxygens (including phenoxy) is 1. The fourth-order valence-corrected chi connectivity index (χ4v) is 6.20. The van der Waals surface area contributed by atoms with Gasteiger partial charge < -0.3 is 15.0 Å². The van der Waals surface area contributed by atoms with Crippen LogP contribution in [0.2, 0.25) is 25.7 Å². The van der Waals surface area contributed by atoms with Crippen molar-refractivity contribution in [3.8, 4) is 22.6 Å². The number of nitrogens with zero attached hydrogens (tertiary/aromatic N) is 5. The molecule has 10 heteroatoms. The van der Waals surface area contributed by atoms with Gasteiger partial charge in [-0.05, 0) is 59.5 Å². The number of aromatic amines is 1. The highest BCUT2D eigenvalue weighted by atomic mass is 28.3. The number of hydrogen-bond donors (Lipinski definition) is 2. The molecule has 0 bridgehead atoms. The molecule has 0 aliphatic rings. The lowest BCUT2D eigenvalue weighted by Crippen LogP contribution is -2.22. The van der Waals surface area contributed by atoms with E-state index in [0.717, 1.165) is 55.6 Å². The van der Waals surface area contributed by atoms with Gasteiger partial charge in [0.25, 0.3) is 5.91 Å². The van der Waals surface area contributed by atoms with Gasteiger partial charge >= 0.3 is 0 Å². The van der Waals surface area contributed by atoms with Crippen LogP contribution in [-0.4, -0.2) is 50.3 Å². The quantitative estimate of drug-likeness (QED) is 0.128. The molecule has 7 rings (SSSR count). The van der Waals surface area contributed by atoms with E-state index < -0.39 is 8.07 Å². The summed E-state index contributed by atoms with van der Waals surface area (Å²) in [4.78, 5) is 29.9. The second-order valence-corrected chi connectivity index (χ2v) is 17.9. The molecule has 0 atom stereocenters. The van der Waals surface area contributed by atoms with Gasteiger partial charge in [-0.1, -0.05) is 50.0 Å². The standard InChI is InChI=1S/C35H33N7O2Si/c1-45(2,3)17-16-44-22-42-32-14-13-23(18-26(32)33(41-42)34-38-30-10-4-5-11-31(30)39-34)27-20-37-21-28-25(27)9-6-12-29(28)40-35(43)24-8-7-15-36-19-24/h4-15,18-21H,16-17,22H2,1-3H3,(H,38,39)(H,40,43). The fourth-order valence-electron chi connectivity index (χ4n) is 5.44. The maximum atomic E-state index is 12.9. The van der Waals surface area contributed by atoms with Crippen LogP contribution in [0.15, 0.2) is 97.6 Å². The average molecular weight is 612 g/mol. The number of aromatic nitrogens is 6. The van der Waals surface area contributed by atoms with Crippen LogP contribution in [0.5, 0.6) is 0 Å². The number of hydrogen-bond acceptors (Lipinski definition) is 6. The molecule has 0 saturated carbocycles. The molecule has 0 spiro atoms. The number of fused-ring (bicyclic) bond motifs is 3. The zero-order chi connectivity index (χ0) is 31.0. The van der Waals surface area contributed by atoms with Gasteiger partial charge in [0, 0.05) is 55.8 Å². The first-order valence-electron chi connectivity index (χ1n) is 15.0. The smallest absolute Gasteiger partial charge is 0.257 e. The minimum absolute atomic E-state index is 0.225. The van der Waals surface area contributed by atoms with Crippen molar-refractivity contribution in [2.24, 2.45) is 0 Å². The van der Waals surface area contributed by atoms with Crippen LogP contribution < -0.4 is 5.32 Å². The Morgan fingerprint density at radius 3 is 2.62 bits per heavy atom. The predicted molar refractivity (Wildman–Crippen MR) is 182 cm³/mol. The second-order valence-electron chi connectivity index (χ2n) is 12.3. The zero-order valence-corrected chi connectivity index (χ0v) is 26.4. The second kappa shape index (κ2) is 11.7. The Kier molecular flexibility index (Phi) is 7.44. The van der Waals surface area contributed by atoms with E-state index in [4.69, 9.17) is 14.8 Å². The lowest BCUT2D eigenvalue weighted by Gasteiger charge is -2.15. The molecule has 3 aromatic carbocycles. The first-order chi connectivity index (χ1) is 21.8. The Balaban J connectivity index is 1.30. The highest BCUT2D eigenvalue weighted by molar-refractivity contribution is 6.76. The molecule has 0 saturated heterocycles. The number of carbonyl (C=O) groups excluding carboxylic acids is 1. The van der Waals surface area contributed by atoms with E-state index >= 15 is 0 Å². The summed E-state index contributed by atoms with van der Waals surface area (Å²) in [5.74, 6) is 0.480. The molecule has 0 radical (unpaired) electrons. The molecule has 9 nitrogen and oxygen atoms in total. The van der Waals surface area contributed by atoms with Crippen LogP contribution in [-0.2, 0) is 11.5 Å². The number of imidazole rings is 1. The van der Waals surface area contributed by atoms with Gasteiger partial charge in [-0.2, -0.15) is 5.10 Å². The van der Waals surface area contributed by atoms with Crippen molar-refractivity contribution in [3.63, 3.8) is 0 Å². The number of rotatable bonds is 9. The Morgan fingerprint density at radius 1 is 0.911 bits per heavy atom. The van der Waals surface area contributed by atoms with Crippen LogP contribution in [0.1, 0.15) is 10.4 Å². The SMILES string of the molecule is C[Si](C)(C)CCOCn1nc(-c2nc3ccccc3[nH]2)c2cc(-c3cncc4c(NC(=O)c5cccnc5)cccc34)ccc21. The van der Waals surface area contributed by atoms with Crippen molar-refractivity contribution < 1.29 is 9.53 Å². The van der Waals surface area contributed by atoms with Gasteiger partial charge in [0.1, 0.15) is 12.4 Å². The summed E-state index contributed by atoms with van der Waals surface area (Å²) in [5, 5.41) is 10.8. The van der Waals surface area contributed by atoms with Crippen LogP contribution in [0, 0.1) is 0 Å². The van der Waals surface area contributed by atoms with Crippen LogP contribution in [0.4, 0.5) is 5.69 Å². The summed E-state index contributed by atoms with van der Waals surface area (Å²) in [7, 11) is -1.22. The summed E-state index contributed by atoms with van der Waals surface area (Å²) >= 11 is 0. The Labute approximate surface area is 261 Å². The first kappa shape index (κ1) is 28.6. The zero-order valence-electron chi connectivity index (χ0n) is 25.4. The Morgan fingerprint density at radius 2 is 1.80 bits per heavy atom. The van der Waals surface area contributed by atoms with Crippen molar-refractivity contribution in [1.82, 2.24) is 29.7 Å². The third kappa shape index (κ3) is 5.85. The maximum Gasteiger partial charge on any atom is 0.257 e. The highest BCUT2D eigenvalue weighted by Crippen LogP contribution is 2.36. The van der Waals surface area contributed by atoms with E-state index in [9.17, 15) is 4.79 Å². The number of H-pyrrole nitrogens is 1. The molecule has 2 N–H and O–H groups in total. The van der Waals surface area contributed by atoms with E-state index in [0.29, 0.717) is 30.4 Å². The molecule has 7 aromatic rings. The molecule has 4 aromatic heterocycles. The number of nitrogens with one attached hydrogen (secondary N) is 2. The number of anilines is 1. The van der Waals surface area contributed by atoms with Gasteiger partial charge in [-0.25, -0.2) is 9.67 Å². The number of carbonyl (C=O) groups is 1. The molecular weight excluding hydrogens is 579 g/mol. The van der Waals surface area contributed by atoms with Crippen molar-refractivity contribution in [2.45, 2.75) is 32.4 Å². The van der Waals surface area contributed by atoms with Crippen molar-refractivity contribution in [3.05, 3.63) is 103 Å². The van der Waals surface area contributed by atoms with E-state index in [1.165, 1.54) is 0 Å². The first-order valence-corrected chi connectivity index (χ1v) is 18.7. The highest BCUT2D eigenvalue weighted by Gasteiger charge is 2.19. The number of benzene rings is 3. The molecule has 224 valence electrons. The molecule has 0 unspecified atom stereocenters. The number of amides is 1. The largest absolute Gasteiger partial charge is 0.360 e. The Bertz CT molecular complexity index is 2130. The van der Waals surface area contributed by atoms with Gasteiger partial charge in [0.2, 0.25) is 0 Å². The molecule has 45 heavy (non-hydrogen) atoms. The third-order valence-corrected chi connectivity index (χ3v) is 9.56. The van der Waals surface area contributed by atoms with E-state index in [2.05, 4.69) is 58.1 Å². The predicted octanol–water partition coefficient (Wildman–Crippen LogP) is 7.75. The van der Waals surface area contributed by atoms with E-state index in [-0.39, 0.29) is 5.91 Å². The molecule has 0 aliphatic heterocycles. The summed E-state index contributed by atoms with van der Waals surface area (Å²) in [6, 6.07) is 24.7. The molecular formula is C35H33N7O2Si. The lowest BCUT2D eigenvalue weighted by atomic mass is 9.98. The van der Waals surface area contributed by atoms with Crippen molar-refractivity contribution in [2.75, 3.05) is 11.9 Å². The lowest BCUT2D eigenvalue weighted by molar-refractivity contribution is 0.0818. The van der Waals surface area contributed by atoms with Gasteiger partial charge in [0.15, 0.2) is 5.82 Å². The van der Waals surface area contributed by atoms with Crippen molar-refractivity contribution in [1.29, 1.82) is 0 Å². The summed E-state index contributed by atoms with van der Waals surface area (Å²) in [6.07, 6.45) is 6.84. The van der Waals surface area contributed by atoms with Crippen LogP contribution >= 0.6 is 0 Å². The minimum atomic E-state index is -1.22. The topological polar surface area (TPSA) is 111 Å². The molecule has 1 amide bonds. The summed E-state index contributed by atoms with van der Waals surface area (Å²) < 4.78 is 8.03. The van der Waals surface area contributed by atoms with Gasteiger partial charge in [-0.3, -0.25) is 14.8 Å².